The minimum atomic E-state index is -1.10. The van der Waals surface area contributed by atoms with E-state index in [1.54, 1.807) is 43.2 Å². The van der Waals surface area contributed by atoms with E-state index in [-0.39, 0.29) is 18.2 Å². The largest absolute Gasteiger partial charge is 0.446 e. The number of amides is 2. The maximum Gasteiger partial charge on any atom is 0.410 e. The van der Waals surface area contributed by atoms with Crippen molar-refractivity contribution < 1.29 is 19.4 Å². The standard InChI is InChI=1S/C26H36N4O4.C7H15N.C2H6/c1-7-17(2)23(27)18(3)9-8-10-19(4)29-24(31)22-13-21-15-30(12-11-20(21)14-28-22)25(32)34-16-26(5,6)33;1-6(2)4-5-7(3)8;1-2/h8-10,13-14,17,27,33H,4,7,11-12,15-16H2,1-3,5-6H3,(H,29,31);6,8H,4-5H2,1-3H3;1-2H3/b10-8-,18-9+,27-23?;;. The number of hydrogen-bond donors (Lipinski definition) is 4. The molecule has 0 radical (unpaired) electrons. The fourth-order valence-electron chi connectivity index (χ4n) is 3.80. The van der Waals surface area contributed by atoms with Gasteiger partial charge in [0.15, 0.2) is 0 Å². The Kier molecular flexibility index (Phi) is 18.7. The van der Waals surface area contributed by atoms with Crippen LogP contribution in [-0.4, -0.2) is 57.2 Å². The Morgan fingerprint density at radius 1 is 1.20 bits per heavy atom. The summed E-state index contributed by atoms with van der Waals surface area (Å²) in [6.07, 6.45) is 10.1. The van der Waals surface area contributed by atoms with Crippen LogP contribution in [0.3, 0.4) is 0 Å². The Morgan fingerprint density at radius 2 is 1.84 bits per heavy atom. The van der Waals surface area contributed by atoms with Gasteiger partial charge in [0, 0.05) is 36.4 Å². The molecule has 2 heterocycles. The van der Waals surface area contributed by atoms with Crippen LogP contribution in [0.15, 0.2) is 48.3 Å². The molecule has 1 aliphatic rings. The highest BCUT2D eigenvalue weighted by Crippen LogP contribution is 2.20. The zero-order valence-corrected chi connectivity index (χ0v) is 28.8. The van der Waals surface area contributed by atoms with Gasteiger partial charge in [-0.25, -0.2) is 4.79 Å². The fraction of sp³-hybridized carbons (Fsp3) is 0.571. The first-order valence-corrected chi connectivity index (χ1v) is 15.6. The average Bonchev–Trinajstić information content (AvgIpc) is 2.98. The summed E-state index contributed by atoms with van der Waals surface area (Å²) in [5, 5.41) is 27.7. The van der Waals surface area contributed by atoms with Crippen LogP contribution in [0.25, 0.3) is 0 Å². The monoisotopic (exact) mass is 611 g/mol. The second-order valence-electron chi connectivity index (χ2n) is 12.0. The molecule has 4 N–H and O–H groups in total. The lowest BCUT2D eigenvalue weighted by atomic mass is 9.97. The Labute approximate surface area is 265 Å². The molecule has 1 aromatic rings. The van der Waals surface area contributed by atoms with E-state index in [1.807, 2.05) is 40.7 Å². The third-order valence-electron chi connectivity index (χ3n) is 6.68. The first-order chi connectivity index (χ1) is 20.5. The zero-order chi connectivity index (χ0) is 34.0. The Hall–Kier alpha value is -3.59. The number of nitrogens with zero attached hydrogens (tertiary/aromatic N) is 2. The fourth-order valence-corrected chi connectivity index (χ4v) is 3.80. The molecule has 2 rings (SSSR count). The molecule has 1 unspecified atom stereocenters. The number of ether oxygens (including phenoxy) is 1. The number of fused-ring (bicyclic) bond motifs is 1. The summed E-state index contributed by atoms with van der Waals surface area (Å²) in [7, 11) is 0. The number of rotatable bonds is 12. The molecule has 0 fully saturated rings. The van der Waals surface area contributed by atoms with Gasteiger partial charge in [0.25, 0.3) is 5.91 Å². The molecule has 0 saturated carbocycles. The molecule has 0 saturated heterocycles. The quantitative estimate of drug-likeness (QED) is 0.142. The van der Waals surface area contributed by atoms with Crippen molar-refractivity contribution in [2.75, 3.05) is 13.2 Å². The van der Waals surface area contributed by atoms with Crippen molar-refractivity contribution in [1.82, 2.24) is 15.2 Å². The summed E-state index contributed by atoms with van der Waals surface area (Å²) in [4.78, 5) is 30.8. The lowest BCUT2D eigenvalue weighted by Gasteiger charge is -2.29. The van der Waals surface area contributed by atoms with Crippen molar-refractivity contribution in [3.8, 4) is 0 Å². The number of aliphatic hydroxyl groups is 1. The van der Waals surface area contributed by atoms with Crippen LogP contribution in [0.4, 0.5) is 4.79 Å². The summed E-state index contributed by atoms with van der Waals surface area (Å²) in [6.45, 7) is 23.9. The number of aromatic nitrogens is 1. The van der Waals surface area contributed by atoms with Gasteiger partial charge >= 0.3 is 6.09 Å². The van der Waals surface area contributed by atoms with Crippen molar-refractivity contribution >= 4 is 23.4 Å². The predicted molar refractivity (Wildman–Crippen MR) is 182 cm³/mol. The second kappa shape index (κ2) is 20.4. The molecular formula is C35H57N5O4. The topological polar surface area (TPSA) is 139 Å². The minimum absolute atomic E-state index is 0.0949. The molecule has 0 aliphatic carbocycles. The average molecular weight is 612 g/mol. The van der Waals surface area contributed by atoms with E-state index in [1.165, 1.54) is 0 Å². The smallest absolute Gasteiger partial charge is 0.410 e. The summed E-state index contributed by atoms with van der Waals surface area (Å²) < 4.78 is 5.18. The molecular weight excluding hydrogens is 554 g/mol. The number of carbonyl (C=O) groups is 2. The molecule has 2 amide bonds. The SMILES string of the molecule is C=C(/C=C\C=C(/C)C(=N)C(C)CC)NC(=O)c1cc2c(cn1)CCN(C(=O)OCC(C)(C)O)C2.CC.CC(=N)CCC(C)C. The highest BCUT2D eigenvalue weighted by Gasteiger charge is 2.25. The van der Waals surface area contributed by atoms with Gasteiger partial charge in [-0.15, -0.1) is 0 Å². The molecule has 1 atom stereocenters. The van der Waals surface area contributed by atoms with Gasteiger partial charge < -0.3 is 30.9 Å². The molecule has 9 nitrogen and oxygen atoms in total. The summed E-state index contributed by atoms with van der Waals surface area (Å²) in [5.41, 5.74) is 3.61. The van der Waals surface area contributed by atoms with E-state index in [0.717, 1.165) is 47.6 Å². The van der Waals surface area contributed by atoms with Gasteiger partial charge in [0.05, 0.1) is 5.60 Å². The van der Waals surface area contributed by atoms with Crippen molar-refractivity contribution in [1.29, 1.82) is 10.8 Å². The highest BCUT2D eigenvalue weighted by molar-refractivity contribution is 5.99. The molecule has 0 aromatic carbocycles. The van der Waals surface area contributed by atoms with Crippen LogP contribution in [0.1, 0.15) is 110 Å². The third kappa shape index (κ3) is 16.3. The summed E-state index contributed by atoms with van der Waals surface area (Å²) >= 11 is 0. The lowest BCUT2D eigenvalue weighted by molar-refractivity contribution is -0.00487. The van der Waals surface area contributed by atoms with Gasteiger partial charge in [0.2, 0.25) is 0 Å². The number of pyridine rings is 1. The number of hydrogen-bond acceptors (Lipinski definition) is 7. The summed E-state index contributed by atoms with van der Waals surface area (Å²) in [6, 6.07) is 1.68. The van der Waals surface area contributed by atoms with Crippen LogP contribution in [-0.2, 0) is 17.7 Å². The number of allylic oxidation sites excluding steroid dienone is 4. The van der Waals surface area contributed by atoms with Crippen molar-refractivity contribution in [2.24, 2.45) is 11.8 Å². The number of nitrogens with one attached hydrogen (secondary N) is 3. The van der Waals surface area contributed by atoms with Crippen molar-refractivity contribution in [2.45, 2.75) is 107 Å². The lowest BCUT2D eigenvalue weighted by Crippen LogP contribution is -2.39. The summed E-state index contributed by atoms with van der Waals surface area (Å²) in [5.74, 6) is 0.546. The first kappa shape index (κ1) is 40.4. The van der Waals surface area contributed by atoms with Crippen molar-refractivity contribution in [3.63, 3.8) is 0 Å². The molecule has 0 spiro atoms. The van der Waals surface area contributed by atoms with Gasteiger partial charge in [-0.2, -0.15) is 0 Å². The molecule has 246 valence electrons. The molecule has 1 aromatic heterocycles. The van der Waals surface area contributed by atoms with Gasteiger partial charge in [-0.05, 0) is 94.1 Å². The zero-order valence-electron chi connectivity index (χ0n) is 28.8. The van der Waals surface area contributed by atoms with Crippen molar-refractivity contribution in [3.05, 3.63) is 65.2 Å². The second-order valence-corrected chi connectivity index (χ2v) is 12.0. The van der Waals surface area contributed by atoms with Crippen LogP contribution in [0.5, 0.6) is 0 Å². The van der Waals surface area contributed by atoms with E-state index in [4.69, 9.17) is 15.6 Å². The van der Waals surface area contributed by atoms with E-state index in [2.05, 4.69) is 37.7 Å². The normalized spacial score (nSPS) is 13.5. The molecule has 9 heteroatoms. The Balaban J connectivity index is 0.00000160. The molecule has 44 heavy (non-hydrogen) atoms. The van der Waals surface area contributed by atoms with Crippen LogP contribution >= 0.6 is 0 Å². The van der Waals surface area contributed by atoms with E-state index in [9.17, 15) is 14.7 Å². The first-order valence-electron chi connectivity index (χ1n) is 15.6. The van der Waals surface area contributed by atoms with E-state index < -0.39 is 17.6 Å². The van der Waals surface area contributed by atoms with Crippen LogP contribution < -0.4 is 5.32 Å². The van der Waals surface area contributed by atoms with Gasteiger partial charge in [0.1, 0.15) is 12.3 Å². The molecule has 0 bridgehead atoms. The maximum absolute atomic E-state index is 12.7. The van der Waals surface area contributed by atoms with E-state index in [0.29, 0.717) is 30.9 Å². The minimum Gasteiger partial charge on any atom is -0.446 e. The van der Waals surface area contributed by atoms with Crippen LogP contribution in [0, 0.1) is 22.7 Å². The van der Waals surface area contributed by atoms with Gasteiger partial charge in [-0.1, -0.05) is 60.3 Å². The highest BCUT2D eigenvalue weighted by atomic mass is 16.6. The maximum atomic E-state index is 12.7. The number of carbonyl (C=O) groups excluding carboxylic acids is 2. The van der Waals surface area contributed by atoms with E-state index >= 15 is 0 Å². The Morgan fingerprint density at radius 3 is 2.36 bits per heavy atom. The van der Waals surface area contributed by atoms with Crippen LogP contribution in [0.2, 0.25) is 0 Å². The van der Waals surface area contributed by atoms with Gasteiger partial charge in [-0.3, -0.25) is 9.78 Å². The third-order valence-corrected chi connectivity index (χ3v) is 6.68. The molecule has 1 aliphatic heterocycles. The Bertz CT molecular complexity index is 1180. The predicted octanol–water partition coefficient (Wildman–Crippen LogP) is 7.65.